The molecule has 0 saturated heterocycles. The van der Waals surface area contributed by atoms with Crippen molar-refractivity contribution in [3.63, 3.8) is 0 Å². The number of nitrogens with zero attached hydrogens (tertiary/aromatic N) is 2. The van der Waals surface area contributed by atoms with Crippen molar-refractivity contribution in [2.45, 2.75) is 0 Å². The summed E-state index contributed by atoms with van der Waals surface area (Å²) in [5.41, 5.74) is 1.38. The molecule has 0 spiro atoms. The zero-order chi connectivity index (χ0) is 14.2. The van der Waals surface area contributed by atoms with E-state index in [0.29, 0.717) is 24.2 Å². The molecule has 0 aliphatic carbocycles. The molecule has 0 aromatic heterocycles. The van der Waals surface area contributed by atoms with E-state index in [-0.39, 0.29) is 47.7 Å². The molecule has 0 bridgehead atoms. The molecule has 0 atom stereocenters. The topological polar surface area (TPSA) is 160 Å². The van der Waals surface area contributed by atoms with Crippen LogP contribution in [0.2, 0.25) is 0 Å². The average molecular weight is 513 g/mol. The van der Waals surface area contributed by atoms with Crippen molar-refractivity contribution in [3.8, 4) is 11.5 Å². The van der Waals surface area contributed by atoms with Crippen LogP contribution in [0.5, 0.6) is 11.5 Å². The summed E-state index contributed by atoms with van der Waals surface area (Å²) in [6, 6.07) is 14.1. The molecular weight excluding hydrogens is 490 g/mol. The Bertz CT molecular complexity index is 580. The van der Waals surface area contributed by atoms with E-state index in [1.165, 1.54) is 0 Å². The van der Waals surface area contributed by atoms with Gasteiger partial charge in [0, 0.05) is 43.3 Å². The molecule has 0 unspecified atom stereocenters. The van der Waals surface area contributed by atoms with Crippen LogP contribution in [0.3, 0.4) is 0 Å². The summed E-state index contributed by atoms with van der Waals surface area (Å²) in [6.45, 7) is 1.05. The Morgan fingerprint density at radius 2 is 1.00 bits per heavy atom. The van der Waals surface area contributed by atoms with Crippen molar-refractivity contribution in [1.82, 2.24) is 0 Å². The molecule has 0 aliphatic heterocycles. The van der Waals surface area contributed by atoms with E-state index < -0.39 is 0 Å². The van der Waals surface area contributed by atoms with Gasteiger partial charge in [-0.25, -0.2) is 0 Å². The van der Waals surface area contributed by atoms with Crippen LogP contribution in [-0.4, -0.2) is 52.2 Å². The molecule has 7 nitrogen and oxygen atoms in total. The van der Waals surface area contributed by atoms with Gasteiger partial charge in [0.05, 0.1) is 13.1 Å². The minimum Gasteiger partial charge on any atom is -0.507 e. The molecule has 0 amide bonds. The Morgan fingerprint density at radius 3 is 1.33 bits per heavy atom. The van der Waals surface area contributed by atoms with E-state index in [0.717, 1.165) is 0 Å². The summed E-state index contributed by atoms with van der Waals surface area (Å²) in [6.07, 6.45) is 3.26. The van der Waals surface area contributed by atoms with Gasteiger partial charge < -0.3 is 26.6 Å². The first kappa shape index (κ1) is 26.8. The third-order valence-corrected chi connectivity index (χ3v) is 2.69. The second-order valence-electron chi connectivity index (χ2n) is 4.19. The number of hydrogen-bond donors (Lipinski definition) is 2. The summed E-state index contributed by atoms with van der Waals surface area (Å²) < 4.78 is 0. The minimum absolute atomic E-state index is 0. The van der Waals surface area contributed by atoms with Gasteiger partial charge in [0.1, 0.15) is 11.5 Å². The van der Waals surface area contributed by atoms with Crippen LogP contribution in [0.1, 0.15) is 11.1 Å². The molecule has 2 rings (SSSR count). The number of hydrogen-bond acceptors (Lipinski definition) is 4. The Balaban J connectivity index is -0.00000110. The van der Waals surface area contributed by atoms with Gasteiger partial charge in [0.2, 0.25) is 0 Å². The van der Waals surface area contributed by atoms with Crippen LogP contribution in [0.4, 0.5) is 0 Å². The Labute approximate surface area is 153 Å². The van der Waals surface area contributed by atoms with E-state index >= 15 is 0 Å². The molecule has 0 aliphatic rings. The van der Waals surface area contributed by atoms with Crippen molar-refractivity contribution in [2.24, 2.45) is 9.98 Å². The normalized spacial score (nSPS) is 9.50. The van der Waals surface area contributed by atoms with Crippen LogP contribution in [0.25, 0.3) is 0 Å². The molecule has 8 heteroatoms. The Morgan fingerprint density at radius 1 is 0.667 bits per heavy atom. The zero-order valence-electron chi connectivity index (χ0n) is 12.8. The number of phenols is 2. The zero-order valence-corrected chi connectivity index (χ0v) is 15.4. The standard InChI is InChI=1S/C16H16N2O2.3H2O.Os/c19-15-7-3-1-5-13(15)11-17-9-10-18-12-14-6-2-4-8-16(14)20;;;;/h1-8,11-12,19-20H,9-10H2;3*1H2;. The van der Waals surface area contributed by atoms with Gasteiger partial charge in [-0.2, -0.15) is 0 Å². The van der Waals surface area contributed by atoms with Crippen molar-refractivity contribution >= 4 is 12.4 Å². The van der Waals surface area contributed by atoms with E-state index in [1.54, 1.807) is 48.8 Å². The van der Waals surface area contributed by atoms with E-state index in [2.05, 4.69) is 9.98 Å². The number of aliphatic imine (C=N–C) groups is 2. The van der Waals surface area contributed by atoms with Crippen molar-refractivity contribution in [2.75, 3.05) is 13.1 Å². The summed E-state index contributed by atoms with van der Waals surface area (Å²) in [7, 11) is 0. The van der Waals surface area contributed by atoms with Crippen LogP contribution in [0.15, 0.2) is 58.5 Å². The van der Waals surface area contributed by atoms with Crippen molar-refractivity contribution < 1.29 is 46.4 Å². The van der Waals surface area contributed by atoms with Gasteiger partial charge in [-0.3, -0.25) is 9.98 Å². The second-order valence-corrected chi connectivity index (χ2v) is 4.19. The predicted molar refractivity (Wildman–Crippen MR) is 92.0 cm³/mol. The van der Waals surface area contributed by atoms with Gasteiger partial charge in [-0.05, 0) is 24.3 Å². The van der Waals surface area contributed by atoms with E-state index in [4.69, 9.17) is 0 Å². The Hall–Kier alpha value is -2.10. The molecule has 0 radical (unpaired) electrons. The number of benzene rings is 2. The summed E-state index contributed by atoms with van der Waals surface area (Å²) in [5.74, 6) is 0.433. The molecule has 0 heterocycles. The maximum atomic E-state index is 9.54. The van der Waals surface area contributed by atoms with Crippen LogP contribution >= 0.6 is 0 Å². The monoisotopic (exact) mass is 514 g/mol. The predicted octanol–water partition coefficient (Wildman–Crippen LogP) is 0.159. The van der Waals surface area contributed by atoms with Gasteiger partial charge in [-0.1, -0.05) is 24.3 Å². The summed E-state index contributed by atoms with van der Waals surface area (Å²) in [5, 5.41) is 19.1. The Kier molecular flexibility index (Phi) is 16.2. The number of phenolic OH excluding ortho intramolecular Hbond substituents is 2. The van der Waals surface area contributed by atoms with E-state index in [9.17, 15) is 10.2 Å². The fourth-order valence-corrected chi connectivity index (χ4v) is 1.63. The number of rotatable bonds is 5. The first-order chi connectivity index (χ1) is 9.77. The van der Waals surface area contributed by atoms with Gasteiger partial charge in [-0.15, -0.1) is 0 Å². The van der Waals surface area contributed by atoms with Gasteiger partial charge in [0.15, 0.2) is 0 Å². The smallest absolute Gasteiger partial charge is 0.124 e. The van der Waals surface area contributed by atoms with Crippen molar-refractivity contribution in [3.05, 3.63) is 59.7 Å². The first-order valence-electron chi connectivity index (χ1n) is 6.33. The molecule has 0 saturated carbocycles. The molecule has 2 aromatic rings. The molecule has 134 valence electrons. The van der Waals surface area contributed by atoms with E-state index in [1.807, 2.05) is 12.1 Å². The number of aromatic hydroxyl groups is 2. The quantitative estimate of drug-likeness (QED) is 0.432. The number of para-hydroxylation sites is 2. The minimum atomic E-state index is 0. The maximum Gasteiger partial charge on any atom is 0.124 e. The third kappa shape index (κ3) is 8.51. The van der Waals surface area contributed by atoms with Crippen LogP contribution in [0, 0.1) is 0 Å². The third-order valence-electron chi connectivity index (χ3n) is 2.69. The molecule has 2 aromatic carbocycles. The summed E-state index contributed by atoms with van der Waals surface area (Å²) >= 11 is 0. The van der Waals surface area contributed by atoms with Crippen LogP contribution < -0.4 is 0 Å². The SMILES string of the molecule is O.O.O.Oc1ccccc1C=NCCN=Cc1ccccc1O.[Os]. The average Bonchev–Trinajstić information content (AvgIpc) is 2.46. The largest absolute Gasteiger partial charge is 0.507 e. The molecule has 0 fully saturated rings. The van der Waals surface area contributed by atoms with Crippen LogP contribution in [-0.2, 0) is 19.8 Å². The van der Waals surface area contributed by atoms with Gasteiger partial charge in [0.25, 0.3) is 0 Å². The second kappa shape index (κ2) is 14.5. The fraction of sp³-hybridized carbons (Fsp3) is 0.125. The molecular formula is C16H22N2O5Os. The van der Waals surface area contributed by atoms with Crippen molar-refractivity contribution in [1.29, 1.82) is 0 Å². The maximum absolute atomic E-state index is 9.54. The summed E-state index contributed by atoms with van der Waals surface area (Å²) in [4.78, 5) is 8.39. The molecule has 8 N–H and O–H groups in total. The van der Waals surface area contributed by atoms with Gasteiger partial charge >= 0.3 is 0 Å². The molecule has 24 heavy (non-hydrogen) atoms. The fourth-order valence-electron chi connectivity index (χ4n) is 1.63. The first-order valence-corrected chi connectivity index (χ1v) is 6.33.